The minimum atomic E-state index is -0.879. The van der Waals surface area contributed by atoms with Crippen LogP contribution in [0.3, 0.4) is 0 Å². The molecule has 1 aliphatic rings. The minimum Gasteiger partial charge on any atom is -0.477 e. The number of anilines is 1. The topological polar surface area (TPSA) is 53.4 Å². The van der Waals surface area contributed by atoms with Crippen LogP contribution in [0.5, 0.6) is 0 Å². The van der Waals surface area contributed by atoms with E-state index in [0.29, 0.717) is 16.6 Å². The lowest BCUT2D eigenvalue weighted by molar-refractivity contribution is 0.0701. The number of hydrogen-bond donors (Lipinski definition) is 1. The lowest BCUT2D eigenvalue weighted by Gasteiger charge is -2.24. The van der Waals surface area contributed by atoms with Gasteiger partial charge < -0.3 is 10.0 Å². The van der Waals surface area contributed by atoms with Crippen molar-refractivity contribution >= 4 is 23.0 Å². The fraction of sp³-hybridized carbons (Fsp3) is 0.375. The van der Waals surface area contributed by atoms with Crippen molar-refractivity contribution in [3.8, 4) is 0 Å². The lowest BCUT2D eigenvalue weighted by atomic mass is 10.1. The molecule has 0 bridgehead atoms. The van der Waals surface area contributed by atoms with E-state index >= 15 is 0 Å². The number of thiazole rings is 1. The van der Waals surface area contributed by atoms with Crippen molar-refractivity contribution in [1.29, 1.82) is 0 Å². The number of para-hydroxylation sites is 1. The number of carbonyl (C=O) groups is 1. The van der Waals surface area contributed by atoms with Gasteiger partial charge in [0.05, 0.1) is 10.7 Å². The molecular weight excluding hydrogens is 284 g/mol. The van der Waals surface area contributed by atoms with Crippen LogP contribution in [0.1, 0.15) is 32.9 Å². The van der Waals surface area contributed by atoms with Crippen LogP contribution >= 0.6 is 11.3 Å². The molecule has 1 atom stereocenters. The molecule has 1 aliphatic heterocycles. The molecule has 0 radical (unpaired) electrons. The fourth-order valence-corrected chi connectivity index (χ4v) is 3.84. The number of hydrogen-bond acceptors (Lipinski definition) is 4. The van der Waals surface area contributed by atoms with E-state index in [1.807, 2.05) is 0 Å². The third-order valence-electron chi connectivity index (χ3n) is 3.95. The summed E-state index contributed by atoms with van der Waals surface area (Å²) in [5.74, 6) is -0.879. The molecular formula is C16H18N2O2S. The molecule has 0 fully saturated rings. The van der Waals surface area contributed by atoms with Gasteiger partial charge in [0, 0.05) is 24.7 Å². The van der Waals surface area contributed by atoms with Crippen molar-refractivity contribution in [2.75, 3.05) is 11.4 Å². The van der Waals surface area contributed by atoms with Crippen LogP contribution < -0.4 is 4.90 Å². The Bertz CT molecular complexity index is 681. The van der Waals surface area contributed by atoms with Crippen LogP contribution in [0.25, 0.3) is 0 Å². The van der Waals surface area contributed by atoms with Crippen molar-refractivity contribution in [3.63, 3.8) is 0 Å². The van der Waals surface area contributed by atoms with Crippen molar-refractivity contribution in [2.45, 2.75) is 32.7 Å². The third-order valence-corrected chi connectivity index (χ3v) is 5.16. The predicted molar refractivity (Wildman–Crippen MR) is 84.5 cm³/mol. The first-order valence-corrected chi connectivity index (χ1v) is 7.92. The van der Waals surface area contributed by atoms with Crippen molar-refractivity contribution < 1.29 is 9.90 Å². The van der Waals surface area contributed by atoms with Gasteiger partial charge in [0.2, 0.25) is 0 Å². The number of nitrogens with zero attached hydrogens (tertiary/aromatic N) is 2. The van der Waals surface area contributed by atoms with Crippen molar-refractivity contribution in [3.05, 3.63) is 45.4 Å². The molecule has 0 aliphatic carbocycles. The van der Waals surface area contributed by atoms with E-state index in [1.165, 1.54) is 22.6 Å². The number of rotatable bonds is 4. The molecule has 5 heteroatoms. The molecule has 4 nitrogen and oxygen atoms in total. The summed E-state index contributed by atoms with van der Waals surface area (Å²) in [6, 6.07) is 8.98. The maximum Gasteiger partial charge on any atom is 0.347 e. The molecule has 1 aromatic heterocycles. The van der Waals surface area contributed by atoms with Gasteiger partial charge in [-0.05, 0) is 31.9 Å². The molecule has 1 aromatic carbocycles. The highest BCUT2D eigenvalue weighted by molar-refractivity contribution is 7.13. The normalized spacial score (nSPS) is 17.0. The third kappa shape index (κ3) is 2.65. The standard InChI is InChI=1S/C16H18N2O2S/c1-10-9-12-5-3-4-6-13(12)18(10)8-7-14-17-11(2)15(21-14)16(19)20/h3-6,10H,7-9H2,1-2H3,(H,19,20). The number of benzene rings is 1. The van der Waals surface area contributed by atoms with Gasteiger partial charge in [-0.25, -0.2) is 9.78 Å². The zero-order valence-corrected chi connectivity index (χ0v) is 13.0. The van der Waals surface area contributed by atoms with Crippen molar-refractivity contribution in [2.24, 2.45) is 0 Å². The predicted octanol–water partition coefficient (Wildman–Crippen LogP) is 3.14. The largest absolute Gasteiger partial charge is 0.477 e. The molecule has 2 aromatic rings. The summed E-state index contributed by atoms with van der Waals surface area (Å²) >= 11 is 1.30. The molecule has 2 heterocycles. The minimum absolute atomic E-state index is 0.361. The molecule has 0 spiro atoms. The second-order valence-corrected chi connectivity index (χ2v) is 6.54. The zero-order chi connectivity index (χ0) is 15.0. The second-order valence-electron chi connectivity index (χ2n) is 5.45. The van der Waals surface area contributed by atoms with Crippen molar-refractivity contribution in [1.82, 2.24) is 4.98 Å². The molecule has 1 N–H and O–H groups in total. The number of aryl methyl sites for hydroxylation is 1. The van der Waals surface area contributed by atoms with Gasteiger partial charge in [0.1, 0.15) is 4.88 Å². The summed E-state index contributed by atoms with van der Waals surface area (Å²) in [7, 11) is 0. The fourth-order valence-electron chi connectivity index (χ4n) is 2.94. The molecule has 0 amide bonds. The lowest BCUT2D eigenvalue weighted by Crippen LogP contribution is -2.31. The Hall–Kier alpha value is -1.88. The highest BCUT2D eigenvalue weighted by Gasteiger charge is 2.25. The quantitative estimate of drug-likeness (QED) is 0.942. The summed E-state index contributed by atoms with van der Waals surface area (Å²) < 4.78 is 0. The Morgan fingerprint density at radius 3 is 2.95 bits per heavy atom. The van der Waals surface area contributed by atoms with E-state index in [9.17, 15) is 4.79 Å². The summed E-state index contributed by atoms with van der Waals surface area (Å²) in [6.45, 7) is 4.87. The summed E-state index contributed by atoms with van der Waals surface area (Å²) in [6.07, 6.45) is 1.87. The molecule has 0 saturated carbocycles. The van der Waals surface area contributed by atoms with Crippen LogP contribution in [-0.2, 0) is 12.8 Å². The molecule has 3 rings (SSSR count). The molecule has 21 heavy (non-hydrogen) atoms. The molecule has 0 saturated heterocycles. The van der Waals surface area contributed by atoms with Gasteiger partial charge in [-0.1, -0.05) is 18.2 Å². The molecule has 1 unspecified atom stereocenters. The Balaban J connectivity index is 1.73. The molecule has 110 valence electrons. The second kappa shape index (κ2) is 5.48. The first-order valence-electron chi connectivity index (χ1n) is 7.10. The van der Waals surface area contributed by atoms with E-state index in [-0.39, 0.29) is 0 Å². The highest BCUT2D eigenvalue weighted by atomic mass is 32.1. The van der Waals surface area contributed by atoms with Gasteiger partial charge in [0.25, 0.3) is 0 Å². The van der Waals surface area contributed by atoms with E-state index in [4.69, 9.17) is 5.11 Å². The number of carboxylic acids is 1. The summed E-state index contributed by atoms with van der Waals surface area (Å²) in [4.78, 5) is 18.2. The number of carboxylic acid groups (broad SMARTS) is 1. The van der Waals surface area contributed by atoms with E-state index < -0.39 is 5.97 Å². The zero-order valence-electron chi connectivity index (χ0n) is 12.2. The Kier molecular flexibility index (Phi) is 3.68. The first kappa shape index (κ1) is 14.1. The van der Waals surface area contributed by atoms with Crippen LogP contribution in [0.15, 0.2) is 24.3 Å². The van der Waals surface area contributed by atoms with Crippen LogP contribution in [-0.4, -0.2) is 28.6 Å². The Morgan fingerprint density at radius 1 is 1.48 bits per heavy atom. The van der Waals surface area contributed by atoms with Crippen LogP contribution in [0.2, 0.25) is 0 Å². The maximum atomic E-state index is 11.1. The van der Waals surface area contributed by atoms with E-state index in [2.05, 4.69) is 41.1 Å². The van der Waals surface area contributed by atoms with Crippen LogP contribution in [0.4, 0.5) is 5.69 Å². The smallest absolute Gasteiger partial charge is 0.347 e. The van der Waals surface area contributed by atoms with Gasteiger partial charge in [0.15, 0.2) is 0 Å². The Labute approximate surface area is 128 Å². The summed E-state index contributed by atoms with van der Waals surface area (Å²) in [5.41, 5.74) is 3.32. The van der Waals surface area contributed by atoms with Gasteiger partial charge in [-0.15, -0.1) is 11.3 Å². The average Bonchev–Trinajstić information content (AvgIpc) is 2.96. The van der Waals surface area contributed by atoms with Gasteiger partial charge in [-0.3, -0.25) is 0 Å². The number of aromatic nitrogens is 1. The van der Waals surface area contributed by atoms with Gasteiger partial charge >= 0.3 is 5.97 Å². The monoisotopic (exact) mass is 302 g/mol. The highest BCUT2D eigenvalue weighted by Crippen LogP contribution is 2.32. The summed E-state index contributed by atoms with van der Waals surface area (Å²) in [5, 5.41) is 10.00. The SMILES string of the molecule is Cc1nc(CCN2c3ccccc3CC2C)sc1C(=O)O. The average molecular weight is 302 g/mol. The number of aromatic carboxylic acids is 1. The van der Waals surface area contributed by atoms with Crippen LogP contribution in [0, 0.1) is 6.92 Å². The van der Waals surface area contributed by atoms with Gasteiger partial charge in [-0.2, -0.15) is 0 Å². The van der Waals surface area contributed by atoms with E-state index in [0.717, 1.165) is 24.4 Å². The maximum absolute atomic E-state index is 11.1. The number of fused-ring (bicyclic) bond motifs is 1. The first-order chi connectivity index (χ1) is 10.1. The Morgan fingerprint density at radius 2 is 2.24 bits per heavy atom. The van der Waals surface area contributed by atoms with E-state index in [1.54, 1.807) is 6.92 Å².